The van der Waals surface area contributed by atoms with Crippen LogP contribution in [0.15, 0.2) is 97.2 Å². The number of carbonyl (C=O) groups excluding carboxylic acids is 2. The zero-order chi connectivity index (χ0) is 24.5. The molecule has 0 saturated carbocycles. The van der Waals surface area contributed by atoms with Crippen LogP contribution in [0.3, 0.4) is 0 Å². The number of fused-ring (bicyclic) bond motifs is 1. The zero-order valence-electron chi connectivity index (χ0n) is 19.9. The van der Waals surface area contributed by atoms with Gasteiger partial charge in [0, 0.05) is 41.1 Å². The Morgan fingerprint density at radius 1 is 0.861 bits per heavy atom. The second-order valence-corrected chi connectivity index (χ2v) is 9.29. The van der Waals surface area contributed by atoms with Crippen molar-refractivity contribution < 1.29 is 9.59 Å². The maximum Gasteiger partial charge on any atom is 0.255 e. The highest BCUT2D eigenvalue weighted by Crippen LogP contribution is 2.37. The van der Waals surface area contributed by atoms with Gasteiger partial charge in [0.15, 0.2) is 0 Å². The molecule has 0 aliphatic carbocycles. The Balaban J connectivity index is 1.31. The minimum atomic E-state index is -0.669. The van der Waals surface area contributed by atoms with Gasteiger partial charge in [-0.15, -0.1) is 0 Å². The van der Waals surface area contributed by atoms with Crippen LogP contribution in [0, 0.1) is 0 Å². The van der Waals surface area contributed by atoms with E-state index in [0.29, 0.717) is 25.1 Å². The van der Waals surface area contributed by atoms with Gasteiger partial charge in [0.25, 0.3) is 5.91 Å². The highest BCUT2D eigenvalue weighted by molar-refractivity contribution is 6.13. The summed E-state index contributed by atoms with van der Waals surface area (Å²) in [6, 6.07) is 29.3. The van der Waals surface area contributed by atoms with Crippen LogP contribution in [0.25, 0.3) is 21.7 Å². The van der Waals surface area contributed by atoms with Gasteiger partial charge in [-0.1, -0.05) is 78.9 Å². The normalized spacial score (nSPS) is 14.9. The van der Waals surface area contributed by atoms with Crippen LogP contribution in [0.1, 0.15) is 33.1 Å². The largest absolute Gasteiger partial charge is 0.361 e. The third kappa shape index (κ3) is 3.93. The Labute approximate surface area is 209 Å². The minimum Gasteiger partial charge on any atom is -0.361 e. The van der Waals surface area contributed by atoms with E-state index in [0.717, 1.165) is 39.2 Å². The number of carbonyl (C=O) groups is 2. The third-order valence-corrected chi connectivity index (χ3v) is 7.14. The third-order valence-electron chi connectivity index (χ3n) is 7.14. The lowest BCUT2D eigenvalue weighted by atomic mass is 9.88. The Bertz CT molecular complexity index is 1570. The number of nitrogens with zero attached hydrogens (tertiary/aromatic N) is 1. The monoisotopic (exact) mass is 473 g/mol. The summed E-state index contributed by atoms with van der Waals surface area (Å²) < 4.78 is 0. The van der Waals surface area contributed by atoms with Gasteiger partial charge in [0.05, 0.1) is 0 Å². The molecule has 2 N–H and O–H groups in total. The van der Waals surface area contributed by atoms with E-state index < -0.39 is 6.04 Å². The molecule has 1 aliphatic heterocycles. The molecule has 2 heterocycles. The first-order valence-electron chi connectivity index (χ1n) is 12.4. The van der Waals surface area contributed by atoms with Gasteiger partial charge in [-0.25, -0.2) is 0 Å². The van der Waals surface area contributed by atoms with Crippen molar-refractivity contribution in [1.29, 1.82) is 0 Å². The molecule has 0 spiro atoms. The molecule has 1 aliphatic rings. The molecule has 0 bridgehead atoms. The quantitative estimate of drug-likeness (QED) is 0.332. The lowest BCUT2D eigenvalue weighted by Gasteiger charge is -2.36. The average Bonchev–Trinajstić information content (AvgIpc) is 3.33. The fourth-order valence-electron chi connectivity index (χ4n) is 5.38. The van der Waals surface area contributed by atoms with Crippen molar-refractivity contribution in [2.75, 3.05) is 13.1 Å². The fourth-order valence-corrected chi connectivity index (χ4v) is 5.38. The van der Waals surface area contributed by atoms with Crippen molar-refractivity contribution in [3.63, 3.8) is 0 Å². The van der Waals surface area contributed by atoms with Crippen molar-refractivity contribution >= 4 is 33.5 Å². The molecule has 1 aromatic heterocycles. The van der Waals surface area contributed by atoms with E-state index in [2.05, 4.69) is 28.5 Å². The van der Waals surface area contributed by atoms with Crippen LogP contribution < -0.4 is 5.32 Å². The van der Waals surface area contributed by atoms with Crippen molar-refractivity contribution in [2.24, 2.45) is 0 Å². The standard InChI is InChI=1S/C31H27N3O2/c35-30(32-18-16-21-8-2-1-3-9-21)29-25-13-6-10-22-11-7-14-26(28(22)25)31(36)34(29)19-17-23-20-33-27-15-5-4-12-24(23)27/h1-15,20,29,33H,16-19H2,(H,32,35). The molecule has 6 rings (SSSR count). The summed E-state index contributed by atoms with van der Waals surface area (Å²) in [7, 11) is 0. The number of benzene rings is 4. The van der Waals surface area contributed by atoms with Gasteiger partial charge < -0.3 is 15.2 Å². The molecule has 1 unspecified atom stereocenters. The highest BCUT2D eigenvalue weighted by Gasteiger charge is 2.38. The number of nitrogens with one attached hydrogen (secondary N) is 2. The molecule has 5 heteroatoms. The van der Waals surface area contributed by atoms with Crippen molar-refractivity contribution in [3.8, 4) is 0 Å². The first kappa shape index (κ1) is 22.1. The molecule has 0 radical (unpaired) electrons. The number of aromatic nitrogens is 1. The van der Waals surface area contributed by atoms with E-state index in [1.54, 1.807) is 4.90 Å². The lowest BCUT2D eigenvalue weighted by molar-refractivity contribution is -0.125. The average molecular weight is 474 g/mol. The summed E-state index contributed by atoms with van der Waals surface area (Å²) in [5.74, 6) is -0.234. The molecular weight excluding hydrogens is 446 g/mol. The summed E-state index contributed by atoms with van der Waals surface area (Å²) in [5.41, 5.74) is 4.93. The zero-order valence-corrected chi connectivity index (χ0v) is 19.9. The Morgan fingerprint density at radius 3 is 2.50 bits per heavy atom. The van der Waals surface area contributed by atoms with Crippen LogP contribution in [-0.2, 0) is 17.6 Å². The van der Waals surface area contributed by atoms with Gasteiger partial charge in [-0.3, -0.25) is 9.59 Å². The Hall–Kier alpha value is -4.38. The fraction of sp³-hybridized carbons (Fsp3) is 0.161. The number of amides is 2. The van der Waals surface area contributed by atoms with Gasteiger partial charge >= 0.3 is 0 Å². The summed E-state index contributed by atoms with van der Waals surface area (Å²) >= 11 is 0. The summed E-state index contributed by atoms with van der Waals surface area (Å²) in [6.45, 7) is 0.962. The highest BCUT2D eigenvalue weighted by atomic mass is 16.2. The van der Waals surface area contributed by atoms with E-state index in [9.17, 15) is 9.59 Å². The predicted molar refractivity (Wildman–Crippen MR) is 143 cm³/mol. The van der Waals surface area contributed by atoms with E-state index in [1.165, 1.54) is 5.56 Å². The molecule has 0 saturated heterocycles. The van der Waals surface area contributed by atoms with E-state index >= 15 is 0 Å². The molecule has 5 nitrogen and oxygen atoms in total. The van der Waals surface area contributed by atoms with E-state index in [-0.39, 0.29) is 11.8 Å². The van der Waals surface area contributed by atoms with Gasteiger partial charge in [0.1, 0.15) is 6.04 Å². The second-order valence-electron chi connectivity index (χ2n) is 9.29. The van der Waals surface area contributed by atoms with Gasteiger partial charge in [0.2, 0.25) is 5.91 Å². The van der Waals surface area contributed by atoms with Crippen LogP contribution in [0.2, 0.25) is 0 Å². The molecular formula is C31H27N3O2. The van der Waals surface area contributed by atoms with Crippen LogP contribution in [-0.4, -0.2) is 34.8 Å². The number of H-pyrrole nitrogens is 1. The van der Waals surface area contributed by atoms with Crippen LogP contribution in [0.4, 0.5) is 0 Å². The first-order valence-corrected chi connectivity index (χ1v) is 12.4. The Morgan fingerprint density at radius 2 is 1.64 bits per heavy atom. The predicted octanol–water partition coefficient (Wildman–Crippen LogP) is 5.42. The topological polar surface area (TPSA) is 65.2 Å². The van der Waals surface area contributed by atoms with Crippen LogP contribution >= 0.6 is 0 Å². The smallest absolute Gasteiger partial charge is 0.255 e. The molecule has 36 heavy (non-hydrogen) atoms. The first-order chi connectivity index (χ1) is 17.7. The number of hydrogen-bond donors (Lipinski definition) is 2. The number of para-hydroxylation sites is 1. The minimum absolute atomic E-state index is 0.0950. The van der Waals surface area contributed by atoms with Crippen molar-refractivity contribution in [1.82, 2.24) is 15.2 Å². The summed E-state index contributed by atoms with van der Waals surface area (Å²) in [4.78, 5) is 32.5. The SMILES string of the molecule is O=C(NCCc1ccccc1)C1c2cccc3cccc(c23)C(=O)N1CCc1c[nH]c2ccccc12. The van der Waals surface area contributed by atoms with Gasteiger partial charge in [-0.2, -0.15) is 0 Å². The number of aromatic amines is 1. The van der Waals surface area contributed by atoms with E-state index in [1.807, 2.05) is 79.0 Å². The molecule has 5 aromatic rings. The summed E-state index contributed by atoms with van der Waals surface area (Å²) in [5, 5.41) is 6.12. The molecule has 178 valence electrons. The molecule has 4 aromatic carbocycles. The van der Waals surface area contributed by atoms with Gasteiger partial charge in [-0.05, 0) is 47.1 Å². The van der Waals surface area contributed by atoms with Crippen LogP contribution in [0.5, 0.6) is 0 Å². The second kappa shape index (κ2) is 9.34. The molecule has 1 atom stereocenters. The Kier molecular flexibility index (Phi) is 5.74. The maximum atomic E-state index is 13.8. The van der Waals surface area contributed by atoms with E-state index in [4.69, 9.17) is 0 Å². The number of hydrogen-bond acceptors (Lipinski definition) is 2. The number of rotatable bonds is 7. The molecule has 0 fully saturated rings. The van der Waals surface area contributed by atoms with Crippen molar-refractivity contribution in [2.45, 2.75) is 18.9 Å². The summed E-state index contributed by atoms with van der Waals surface area (Å²) in [6.07, 6.45) is 3.40. The van der Waals surface area contributed by atoms with Crippen molar-refractivity contribution in [3.05, 3.63) is 119 Å². The lowest BCUT2D eigenvalue weighted by Crippen LogP contribution is -2.47. The molecule has 2 amide bonds. The maximum absolute atomic E-state index is 13.8.